The van der Waals surface area contributed by atoms with Gasteiger partial charge in [0.25, 0.3) is 0 Å². The Labute approximate surface area is 153 Å². The monoisotopic (exact) mass is 346 g/mol. The van der Waals surface area contributed by atoms with Gasteiger partial charge in [0, 0.05) is 23.6 Å². The molecule has 0 atom stereocenters. The second-order valence-electron chi connectivity index (χ2n) is 7.26. The lowest BCUT2D eigenvalue weighted by Gasteiger charge is -2.33. The van der Waals surface area contributed by atoms with Crippen LogP contribution in [0.15, 0.2) is 48.7 Å². The molecular weight excluding hydrogens is 324 g/mol. The minimum atomic E-state index is -0.0127. The van der Waals surface area contributed by atoms with Crippen LogP contribution < -0.4 is 14.8 Å². The molecule has 1 fully saturated rings. The van der Waals surface area contributed by atoms with Gasteiger partial charge in [0.2, 0.25) is 0 Å². The number of nitrogens with zero attached hydrogens (tertiary/aromatic N) is 1. The highest BCUT2D eigenvalue weighted by Crippen LogP contribution is 2.43. The third kappa shape index (κ3) is 2.44. The van der Waals surface area contributed by atoms with Crippen molar-refractivity contribution in [2.24, 2.45) is 0 Å². The standard InChI is InChI=1S/C22H22N2O2/c1-25-21-18(6-4-15-3-2-10-24-20(15)21)16-5-7-19-17(13-16)14-22(26-19)8-11-23-12-9-22/h2-7,10,13,23H,8-9,11-12,14H2,1H3. The van der Waals surface area contributed by atoms with Gasteiger partial charge in [-0.15, -0.1) is 0 Å². The Bertz CT molecular complexity index is 977. The van der Waals surface area contributed by atoms with Gasteiger partial charge in [0.15, 0.2) is 5.75 Å². The number of hydrogen-bond acceptors (Lipinski definition) is 4. The van der Waals surface area contributed by atoms with E-state index >= 15 is 0 Å². The Kier molecular flexibility index (Phi) is 3.61. The first kappa shape index (κ1) is 15.6. The number of rotatable bonds is 2. The number of nitrogens with one attached hydrogen (secondary N) is 1. The Morgan fingerprint density at radius 1 is 1.12 bits per heavy atom. The molecule has 5 rings (SSSR count). The number of aromatic nitrogens is 1. The van der Waals surface area contributed by atoms with Gasteiger partial charge < -0.3 is 14.8 Å². The van der Waals surface area contributed by atoms with E-state index in [0.29, 0.717) is 0 Å². The van der Waals surface area contributed by atoms with Crippen molar-refractivity contribution < 1.29 is 9.47 Å². The largest absolute Gasteiger partial charge is 0.494 e. The van der Waals surface area contributed by atoms with Crippen molar-refractivity contribution in [2.75, 3.05) is 20.2 Å². The molecule has 3 heterocycles. The molecule has 0 radical (unpaired) electrons. The van der Waals surface area contributed by atoms with Crippen LogP contribution in [-0.2, 0) is 6.42 Å². The first-order valence-corrected chi connectivity index (χ1v) is 9.23. The molecule has 1 aromatic heterocycles. The summed E-state index contributed by atoms with van der Waals surface area (Å²) in [6.07, 6.45) is 4.94. The summed E-state index contributed by atoms with van der Waals surface area (Å²) < 4.78 is 12.1. The van der Waals surface area contributed by atoms with Crippen molar-refractivity contribution >= 4 is 10.9 Å². The zero-order valence-corrected chi connectivity index (χ0v) is 14.9. The van der Waals surface area contributed by atoms with Crippen LogP contribution in [0.3, 0.4) is 0 Å². The third-order valence-electron chi connectivity index (χ3n) is 5.66. The molecule has 4 heteroatoms. The fourth-order valence-corrected chi connectivity index (χ4v) is 4.31. The first-order chi connectivity index (χ1) is 12.8. The molecule has 2 aliphatic heterocycles. The maximum absolute atomic E-state index is 6.37. The summed E-state index contributed by atoms with van der Waals surface area (Å²) in [6.45, 7) is 2.07. The third-order valence-corrected chi connectivity index (χ3v) is 5.66. The fourth-order valence-electron chi connectivity index (χ4n) is 4.31. The number of hydrogen-bond donors (Lipinski definition) is 1. The molecule has 0 amide bonds. The SMILES string of the molecule is COc1c(-c2ccc3c(c2)CC2(CCNCC2)O3)ccc2cccnc12. The summed E-state index contributed by atoms with van der Waals surface area (Å²) in [5.74, 6) is 1.87. The number of benzene rings is 2. The van der Waals surface area contributed by atoms with Gasteiger partial charge in [0.1, 0.15) is 16.9 Å². The zero-order valence-electron chi connectivity index (χ0n) is 14.9. The molecule has 26 heavy (non-hydrogen) atoms. The maximum atomic E-state index is 6.37. The number of piperidine rings is 1. The van der Waals surface area contributed by atoms with Crippen LogP contribution in [0.25, 0.3) is 22.0 Å². The quantitative estimate of drug-likeness (QED) is 0.763. The predicted octanol–water partition coefficient (Wildman–Crippen LogP) is 3.97. The Morgan fingerprint density at radius 3 is 2.85 bits per heavy atom. The molecule has 0 aliphatic carbocycles. The van der Waals surface area contributed by atoms with Crippen LogP contribution in [0.1, 0.15) is 18.4 Å². The van der Waals surface area contributed by atoms with Crippen molar-refractivity contribution in [1.82, 2.24) is 10.3 Å². The maximum Gasteiger partial charge on any atom is 0.152 e. The van der Waals surface area contributed by atoms with Gasteiger partial charge in [-0.25, -0.2) is 0 Å². The Hall–Kier alpha value is -2.59. The molecule has 2 aromatic carbocycles. The van der Waals surface area contributed by atoms with Gasteiger partial charge in [-0.05, 0) is 61.3 Å². The number of methoxy groups -OCH3 is 1. The fraction of sp³-hybridized carbons (Fsp3) is 0.318. The van der Waals surface area contributed by atoms with E-state index in [2.05, 4.69) is 46.7 Å². The highest BCUT2D eigenvalue weighted by atomic mass is 16.5. The molecule has 132 valence electrons. The Morgan fingerprint density at radius 2 is 2.00 bits per heavy atom. The number of pyridine rings is 1. The normalized spacial score (nSPS) is 17.9. The van der Waals surface area contributed by atoms with Crippen molar-refractivity contribution in [2.45, 2.75) is 24.9 Å². The Balaban J connectivity index is 1.57. The van der Waals surface area contributed by atoms with E-state index in [1.54, 1.807) is 7.11 Å². The summed E-state index contributed by atoms with van der Waals surface area (Å²) >= 11 is 0. The second kappa shape index (κ2) is 5.99. The lowest BCUT2D eigenvalue weighted by atomic mass is 9.87. The molecular formula is C22H22N2O2. The molecule has 1 N–H and O–H groups in total. The topological polar surface area (TPSA) is 43.4 Å². The summed E-state index contributed by atoms with van der Waals surface area (Å²) in [7, 11) is 1.72. The van der Waals surface area contributed by atoms with Gasteiger partial charge in [-0.3, -0.25) is 4.98 Å². The van der Waals surface area contributed by atoms with Gasteiger partial charge >= 0.3 is 0 Å². The molecule has 4 nitrogen and oxygen atoms in total. The molecule has 1 saturated heterocycles. The van der Waals surface area contributed by atoms with Gasteiger partial charge in [-0.2, -0.15) is 0 Å². The summed E-state index contributed by atoms with van der Waals surface area (Å²) in [6, 6.07) is 14.8. The lowest BCUT2D eigenvalue weighted by Crippen LogP contribution is -2.45. The van der Waals surface area contributed by atoms with E-state index in [-0.39, 0.29) is 5.60 Å². The van der Waals surface area contributed by atoms with Crippen LogP contribution in [0.2, 0.25) is 0 Å². The molecule has 1 spiro atoms. The van der Waals surface area contributed by atoms with Crippen LogP contribution in [0.4, 0.5) is 0 Å². The van der Waals surface area contributed by atoms with E-state index in [4.69, 9.17) is 9.47 Å². The van der Waals surface area contributed by atoms with Crippen molar-refractivity contribution in [3.8, 4) is 22.6 Å². The van der Waals surface area contributed by atoms with Gasteiger partial charge in [0.05, 0.1) is 7.11 Å². The average Bonchev–Trinajstić information content (AvgIpc) is 3.03. The zero-order chi connectivity index (χ0) is 17.6. The molecule has 0 bridgehead atoms. The number of ether oxygens (including phenoxy) is 2. The smallest absolute Gasteiger partial charge is 0.152 e. The van der Waals surface area contributed by atoms with Gasteiger partial charge in [-0.1, -0.05) is 18.2 Å². The molecule has 0 unspecified atom stereocenters. The highest BCUT2D eigenvalue weighted by Gasteiger charge is 2.40. The lowest BCUT2D eigenvalue weighted by molar-refractivity contribution is 0.0600. The highest BCUT2D eigenvalue weighted by molar-refractivity contribution is 5.92. The van der Waals surface area contributed by atoms with Crippen LogP contribution in [0, 0.1) is 0 Å². The van der Waals surface area contributed by atoms with E-state index in [0.717, 1.165) is 65.9 Å². The average molecular weight is 346 g/mol. The van der Waals surface area contributed by atoms with Crippen molar-refractivity contribution in [3.63, 3.8) is 0 Å². The minimum Gasteiger partial charge on any atom is -0.494 e. The first-order valence-electron chi connectivity index (χ1n) is 9.23. The second-order valence-corrected chi connectivity index (χ2v) is 7.26. The van der Waals surface area contributed by atoms with Crippen LogP contribution in [0.5, 0.6) is 11.5 Å². The minimum absolute atomic E-state index is 0.0127. The van der Waals surface area contributed by atoms with Crippen LogP contribution in [-0.4, -0.2) is 30.8 Å². The summed E-state index contributed by atoms with van der Waals surface area (Å²) in [5, 5.41) is 4.52. The summed E-state index contributed by atoms with van der Waals surface area (Å²) in [5.41, 5.74) is 4.42. The van der Waals surface area contributed by atoms with E-state index in [1.807, 2.05) is 12.3 Å². The predicted molar refractivity (Wildman–Crippen MR) is 103 cm³/mol. The molecule has 2 aliphatic rings. The van der Waals surface area contributed by atoms with E-state index < -0.39 is 0 Å². The van der Waals surface area contributed by atoms with Crippen molar-refractivity contribution in [1.29, 1.82) is 0 Å². The molecule has 3 aromatic rings. The van der Waals surface area contributed by atoms with Crippen molar-refractivity contribution in [3.05, 3.63) is 54.2 Å². The molecule has 0 saturated carbocycles. The van der Waals surface area contributed by atoms with E-state index in [1.165, 1.54) is 5.56 Å². The number of fused-ring (bicyclic) bond motifs is 2. The summed E-state index contributed by atoms with van der Waals surface area (Å²) in [4.78, 5) is 4.52. The van der Waals surface area contributed by atoms with Crippen LogP contribution >= 0.6 is 0 Å². The van der Waals surface area contributed by atoms with E-state index in [9.17, 15) is 0 Å².